The number of rotatable bonds is 9. The van der Waals surface area contributed by atoms with Gasteiger partial charge in [0.15, 0.2) is 5.82 Å². The first-order chi connectivity index (χ1) is 17.9. The number of amides is 1. The summed E-state index contributed by atoms with van der Waals surface area (Å²) in [5.41, 5.74) is 7.94. The molecule has 1 aliphatic heterocycles. The molecule has 1 fully saturated rings. The molecule has 2 aromatic heterocycles. The summed E-state index contributed by atoms with van der Waals surface area (Å²) >= 11 is 0. The van der Waals surface area contributed by atoms with Crippen molar-refractivity contribution in [1.82, 2.24) is 19.7 Å². The minimum Gasteiger partial charge on any atom is -0.463 e. The maximum absolute atomic E-state index is 14.6. The molecule has 5 rings (SSSR count). The van der Waals surface area contributed by atoms with Crippen LogP contribution in [0.15, 0.2) is 36.7 Å². The Balaban J connectivity index is 1.43. The van der Waals surface area contributed by atoms with Crippen LogP contribution in [0, 0.1) is 5.82 Å². The van der Waals surface area contributed by atoms with Crippen molar-refractivity contribution in [2.24, 2.45) is 12.8 Å². The monoisotopic (exact) mass is 507 g/mol. The van der Waals surface area contributed by atoms with E-state index in [1.807, 2.05) is 6.92 Å². The summed E-state index contributed by atoms with van der Waals surface area (Å²) < 4.78 is 27.5. The molecule has 4 N–H and O–H groups in total. The van der Waals surface area contributed by atoms with Gasteiger partial charge in [0.25, 0.3) is 5.91 Å². The van der Waals surface area contributed by atoms with E-state index in [1.54, 1.807) is 37.6 Å². The maximum atomic E-state index is 14.6. The van der Waals surface area contributed by atoms with Crippen LogP contribution in [0.25, 0.3) is 21.8 Å². The summed E-state index contributed by atoms with van der Waals surface area (Å²) in [4.78, 5) is 22.3. The van der Waals surface area contributed by atoms with Crippen LogP contribution in [-0.2, 0) is 11.8 Å². The van der Waals surface area contributed by atoms with Crippen molar-refractivity contribution in [3.8, 4) is 6.01 Å². The Morgan fingerprint density at radius 2 is 2.22 bits per heavy atom. The van der Waals surface area contributed by atoms with Crippen molar-refractivity contribution >= 4 is 39.1 Å². The average molecular weight is 508 g/mol. The molecule has 3 heterocycles. The SMILES string of the molecule is C[C@H](N)CNc1ccc(C(=O)Nc2cc(F)c3nn(C)cc3c2)c2nc(OCCC3CCCO3)ncc12. The number of benzene rings is 2. The molecule has 2 aromatic carbocycles. The lowest BCUT2D eigenvalue weighted by molar-refractivity contribution is 0.0889. The lowest BCUT2D eigenvalue weighted by atomic mass is 10.1. The lowest BCUT2D eigenvalue weighted by Crippen LogP contribution is -2.25. The zero-order chi connectivity index (χ0) is 25.9. The second-order valence-electron chi connectivity index (χ2n) is 9.36. The molecule has 37 heavy (non-hydrogen) atoms. The van der Waals surface area contributed by atoms with Gasteiger partial charge in [0.2, 0.25) is 0 Å². The van der Waals surface area contributed by atoms with Gasteiger partial charge in [0.1, 0.15) is 5.52 Å². The predicted octanol–water partition coefficient (Wildman–Crippen LogP) is 3.61. The molecule has 1 amide bonds. The Morgan fingerprint density at radius 3 is 3.00 bits per heavy atom. The van der Waals surface area contributed by atoms with Gasteiger partial charge in [-0.1, -0.05) is 0 Å². The Hall–Kier alpha value is -3.83. The number of carbonyl (C=O) groups excluding carboxylic acids is 1. The fourth-order valence-corrected chi connectivity index (χ4v) is 4.42. The number of hydrogen-bond acceptors (Lipinski definition) is 8. The summed E-state index contributed by atoms with van der Waals surface area (Å²) in [5.74, 6) is -0.951. The molecule has 1 saturated heterocycles. The van der Waals surface area contributed by atoms with E-state index in [9.17, 15) is 9.18 Å². The van der Waals surface area contributed by atoms with Crippen molar-refractivity contribution in [2.45, 2.75) is 38.3 Å². The molecule has 0 bridgehead atoms. The molecule has 1 aliphatic rings. The zero-order valence-electron chi connectivity index (χ0n) is 20.8. The van der Waals surface area contributed by atoms with Gasteiger partial charge >= 0.3 is 6.01 Å². The van der Waals surface area contributed by atoms with E-state index in [0.29, 0.717) is 40.7 Å². The molecule has 0 aliphatic carbocycles. The van der Waals surface area contributed by atoms with Gasteiger partial charge in [-0.15, -0.1) is 0 Å². The molecule has 1 unspecified atom stereocenters. The van der Waals surface area contributed by atoms with E-state index in [4.69, 9.17) is 15.2 Å². The number of carbonyl (C=O) groups is 1. The van der Waals surface area contributed by atoms with Crippen molar-refractivity contribution in [3.05, 3.63) is 48.0 Å². The van der Waals surface area contributed by atoms with Crippen LogP contribution in [0.2, 0.25) is 0 Å². The van der Waals surface area contributed by atoms with Crippen molar-refractivity contribution in [3.63, 3.8) is 0 Å². The van der Waals surface area contributed by atoms with E-state index >= 15 is 0 Å². The van der Waals surface area contributed by atoms with E-state index < -0.39 is 11.7 Å². The van der Waals surface area contributed by atoms with Gasteiger partial charge in [-0.3, -0.25) is 9.48 Å². The molecule has 2 atom stereocenters. The number of ether oxygens (including phenoxy) is 2. The number of anilines is 2. The van der Waals surface area contributed by atoms with Crippen molar-refractivity contribution in [1.29, 1.82) is 0 Å². The highest BCUT2D eigenvalue weighted by Gasteiger charge is 2.19. The van der Waals surface area contributed by atoms with Crippen molar-refractivity contribution < 1.29 is 18.7 Å². The summed E-state index contributed by atoms with van der Waals surface area (Å²) in [6.45, 7) is 3.62. The predicted molar refractivity (Wildman–Crippen MR) is 139 cm³/mol. The lowest BCUT2D eigenvalue weighted by Gasteiger charge is -2.15. The largest absolute Gasteiger partial charge is 0.463 e. The number of nitrogens with one attached hydrogen (secondary N) is 2. The average Bonchev–Trinajstić information content (AvgIpc) is 3.51. The van der Waals surface area contributed by atoms with E-state index in [0.717, 1.165) is 31.6 Å². The second kappa shape index (κ2) is 10.7. The third-order valence-corrected chi connectivity index (χ3v) is 6.22. The van der Waals surface area contributed by atoms with Gasteiger partial charge in [-0.25, -0.2) is 9.37 Å². The minimum absolute atomic E-state index is 0.0725. The molecule has 11 heteroatoms. The first-order valence-corrected chi connectivity index (χ1v) is 12.4. The smallest absolute Gasteiger partial charge is 0.316 e. The van der Waals surface area contributed by atoms with E-state index in [2.05, 4.69) is 25.7 Å². The Bertz CT molecular complexity index is 1430. The topological polar surface area (TPSA) is 129 Å². The minimum atomic E-state index is -0.516. The Labute approximate surface area is 213 Å². The maximum Gasteiger partial charge on any atom is 0.316 e. The van der Waals surface area contributed by atoms with E-state index in [1.165, 1.54) is 10.7 Å². The first kappa shape index (κ1) is 24.8. The van der Waals surface area contributed by atoms with Gasteiger partial charge in [0.05, 0.1) is 23.8 Å². The fourth-order valence-electron chi connectivity index (χ4n) is 4.42. The number of aromatic nitrogens is 4. The highest BCUT2D eigenvalue weighted by atomic mass is 19.1. The van der Waals surface area contributed by atoms with E-state index in [-0.39, 0.29) is 23.7 Å². The molecular weight excluding hydrogens is 477 g/mol. The van der Waals surface area contributed by atoms with Crippen LogP contribution >= 0.6 is 0 Å². The number of halogens is 1. The third kappa shape index (κ3) is 5.62. The zero-order valence-corrected chi connectivity index (χ0v) is 20.8. The van der Waals surface area contributed by atoms with Crippen LogP contribution in [0.4, 0.5) is 15.8 Å². The van der Waals surface area contributed by atoms with Crippen LogP contribution in [0.1, 0.15) is 36.5 Å². The molecule has 194 valence electrons. The summed E-state index contributed by atoms with van der Waals surface area (Å²) in [5, 5.41) is 11.4. The number of nitrogens with zero attached hydrogens (tertiary/aromatic N) is 4. The third-order valence-electron chi connectivity index (χ3n) is 6.22. The molecular formula is C26H30FN7O3. The number of hydrogen-bond donors (Lipinski definition) is 3. The molecule has 0 saturated carbocycles. The van der Waals surface area contributed by atoms with Gasteiger partial charge in [-0.2, -0.15) is 10.1 Å². The van der Waals surface area contributed by atoms with Crippen molar-refractivity contribution in [2.75, 3.05) is 30.4 Å². The van der Waals surface area contributed by atoms with Crippen LogP contribution in [0.5, 0.6) is 6.01 Å². The number of aryl methyl sites for hydroxylation is 1. The molecule has 0 spiro atoms. The van der Waals surface area contributed by atoms with Gasteiger partial charge < -0.3 is 25.8 Å². The summed E-state index contributed by atoms with van der Waals surface area (Å²) in [7, 11) is 1.71. The standard InChI is InChI=1S/C26H30FN7O3/c1-15(28)12-29-22-6-5-19(25(35)31-17-10-16-14-34(2)33-23(16)21(27)11-17)24-20(22)13-30-26(32-24)37-9-7-18-4-3-8-36-18/h5-6,10-11,13-15,18,29H,3-4,7-9,12,28H2,1-2H3,(H,31,35)/t15-,18?/m0/s1. The van der Waals surface area contributed by atoms with Crippen LogP contribution in [-0.4, -0.2) is 57.6 Å². The highest BCUT2D eigenvalue weighted by Crippen LogP contribution is 2.28. The summed E-state index contributed by atoms with van der Waals surface area (Å²) in [6, 6.07) is 6.49. The molecule has 4 aromatic rings. The summed E-state index contributed by atoms with van der Waals surface area (Å²) in [6.07, 6.45) is 6.33. The van der Waals surface area contributed by atoms with Crippen LogP contribution < -0.4 is 21.1 Å². The second-order valence-corrected chi connectivity index (χ2v) is 9.36. The highest BCUT2D eigenvalue weighted by molar-refractivity contribution is 6.14. The quantitative estimate of drug-likeness (QED) is 0.313. The Morgan fingerprint density at radius 1 is 1.35 bits per heavy atom. The van der Waals surface area contributed by atoms with Gasteiger partial charge in [0, 0.05) is 67.2 Å². The Kier molecular flexibility index (Phi) is 7.15. The fraction of sp³-hybridized carbons (Fsp3) is 0.385. The normalized spacial score (nSPS) is 16.3. The first-order valence-electron chi connectivity index (χ1n) is 12.4. The van der Waals surface area contributed by atoms with Gasteiger partial charge in [-0.05, 0) is 44.0 Å². The van der Waals surface area contributed by atoms with Crippen LogP contribution in [0.3, 0.4) is 0 Å². The molecule has 0 radical (unpaired) electrons. The number of fused-ring (bicyclic) bond motifs is 2. The number of nitrogens with two attached hydrogens (primary N) is 1. The molecule has 10 nitrogen and oxygen atoms in total.